The lowest BCUT2D eigenvalue weighted by Crippen LogP contribution is -2.29. The molecule has 0 radical (unpaired) electrons. The lowest BCUT2D eigenvalue weighted by molar-refractivity contribution is 0.0714. The second-order valence-corrected chi connectivity index (χ2v) is 7.81. The van der Waals surface area contributed by atoms with E-state index in [9.17, 15) is 19.1 Å². The Morgan fingerprint density at radius 2 is 1.81 bits per heavy atom. The number of aromatic hydroxyl groups is 1. The molecule has 2 heterocycles. The smallest absolute Gasteiger partial charge is 0.291 e. The second kappa shape index (κ2) is 7.25. The summed E-state index contributed by atoms with van der Waals surface area (Å²) in [6.45, 7) is 0.125. The predicted octanol–water partition coefficient (Wildman–Crippen LogP) is 5.04. The number of fused-ring (bicyclic) bond motifs is 2. The highest BCUT2D eigenvalue weighted by molar-refractivity contribution is 6.31. The van der Waals surface area contributed by atoms with Crippen LogP contribution in [0, 0.1) is 5.82 Å². The molecule has 1 aliphatic rings. The van der Waals surface area contributed by atoms with Gasteiger partial charge < -0.3 is 14.4 Å². The number of carbonyl (C=O) groups excluding carboxylic acids is 1. The molecule has 154 valence electrons. The van der Waals surface area contributed by atoms with Crippen LogP contribution < -0.4 is 5.43 Å². The molecule has 0 unspecified atom stereocenters. The van der Waals surface area contributed by atoms with Crippen molar-refractivity contribution in [2.24, 2.45) is 0 Å². The first kappa shape index (κ1) is 19.3. The minimum absolute atomic E-state index is 0.00773. The average molecular weight is 436 g/mol. The monoisotopic (exact) mass is 435 g/mol. The van der Waals surface area contributed by atoms with E-state index in [4.69, 9.17) is 16.0 Å². The summed E-state index contributed by atoms with van der Waals surface area (Å²) < 4.78 is 19.2. The van der Waals surface area contributed by atoms with Gasteiger partial charge in [0.2, 0.25) is 5.76 Å². The van der Waals surface area contributed by atoms with E-state index in [0.717, 1.165) is 0 Å². The number of nitrogens with zero attached hydrogens (tertiary/aromatic N) is 1. The van der Waals surface area contributed by atoms with Gasteiger partial charge in [-0.15, -0.1) is 0 Å². The summed E-state index contributed by atoms with van der Waals surface area (Å²) in [6, 6.07) is 16.0. The van der Waals surface area contributed by atoms with Gasteiger partial charge in [-0.25, -0.2) is 4.39 Å². The zero-order valence-electron chi connectivity index (χ0n) is 16.0. The van der Waals surface area contributed by atoms with Crippen LogP contribution in [0.25, 0.3) is 11.0 Å². The van der Waals surface area contributed by atoms with Gasteiger partial charge in [-0.3, -0.25) is 9.59 Å². The zero-order chi connectivity index (χ0) is 21.7. The van der Waals surface area contributed by atoms with Gasteiger partial charge in [-0.2, -0.15) is 0 Å². The van der Waals surface area contributed by atoms with Gasteiger partial charge in [0.25, 0.3) is 5.91 Å². The Morgan fingerprint density at radius 1 is 1.03 bits per heavy atom. The summed E-state index contributed by atoms with van der Waals surface area (Å²) in [5, 5.41) is 10.7. The van der Waals surface area contributed by atoms with Crippen molar-refractivity contribution in [3.05, 3.63) is 110 Å². The first-order valence-electron chi connectivity index (χ1n) is 9.53. The fourth-order valence-electron chi connectivity index (χ4n) is 3.98. The third-order valence-electron chi connectivity index (χ3n) is 5.38. The molecule has 0 bridgehead atoms. The number of hydrogen-bond donors (Lipinski definition) is 1. The quantitative estimate of drug-likeness (QED) is 0.489. The topological polar surface area (TPSA) is 70.8 Å². The van der Waals surface area contributed by atoms with Gasteiger partial charge in [0.15, 0.2) is 5.43 Å². The molecule has 4 aromatic rings. The van der Waals surface area contributed by atoms with Crippen LogP contribution in [0.15, 0.2) is 75.9 Å². The van der Waals surface area contributed by atoms with Crippen LogP contribution in [-0.4, -0.2) is 15.9 Å². The highest BCUT2D eigenvalue weighted by atomic mass is 35.5. The standard InChI is InChI=1S/C24H15ClFNO4/c25-15-6-9-19-18(11-15)22(29)20-21(14-2-1-3-17(28)10-14)27(24(30)23(20)31-19)12-13-4-7-16(26)8-5-13/h1-11,21,28H,12H2/t21-/m1/s1. The molecule has 5 rings (SSSR count). The Hall–Kier alpha value is -3.64. The van der Waals surface area contributed by atoms with Crippen LogP contribution in [0.1, 0.15) is 33.3 Å². The summed E-state index contributed by atoms with van der Waals surface area (Å²) in [4.78, 5) is 28.2. The maximum Gasteiger partial charge on any atom is 0.291 e. The molecule has 0 saturated heterocycles. The van der Waals surface area contributed by atoms with E-state index in [1.54, 1.807) is 36.4 Å². The molecule has 7 heteroatoms. The van der Waals surface area contributed by atoms with E-state index < -0.39 is 11.9 Å². The number of hydrogen-bond acceptors (Lipinski definition) is 4. The number of phenolic OH excluding ortho intramolecular Hbond substituents is 1. The minimum Gasteiger partial charge on any atom is -0.508 e. The van der Waals surface area contributed by atoms with Crippen LogP contribution in [-0.2, 0) is 6.54 Å². The number of rotatable bonds is 3. The molecule has 0 fully saturated rings. The van der Waals surface area contributed by atoms with Crippen LogP contribution >= 0.6 is 11.6 Å². The molecule has 1 amide bonds. The molecule has 5 nitrogen and oxygen atoms in total. The van der Waals surface area contributed by atoms with Gasteiger partial charge in [0.1, 0.15) is 17.1 Å². The summed E-state index contributed by atoms with van der Waals surface area (Å²) in [5.74, 6) is -0.880. The largest absolute Gasteiger partial charge is 0.508 e. The molecule has 0 saturated carbocycles. The zero-order valence-corrected chi connectivity index (χ0v) is 16.8. The Kier molecular flexibility index (Phi) is 4.52. The van der Waals surface area contributed by atoms with Crippen LogP contribution in [0.2, 0.25) is 5.02 Å². The fourth-order valence-corrected chi connectivity index (χ4v) is 4.16. The van der Waals surface area contributed by atoms with E-state index in [1.165, 1.54) is 35.2 Å². The second-order valence-electron chi connectivity index (χ2n) is 7.37. The van der Waals surface area contributed by atoms with E-state index in [-0.39, 0.29) is 45.8 Å². The van der Waals surface area contributed by atoms with Crippen molar-refractivity contribution in [2.45, 2.75) is 12.6 Å². The molecule has 3 aromatic carbocycles. The molecule has 0 spiro atoms. The van der Waals surface area contributed by atoms with Crippen molar-refractivity contribution >= 4 is 28.5 Å². The van der Waals surface area contributed by atoms with Crippen LogP contribution in [0.3, 0.4) is 0 Å². The number of benzene rings is 3. The third-order valence-corrected chi connectivity index (χ3v) is 5.61. The maximum absolute atomic E-state index is 13.4. The van der Waals surface area contributed by atoms with E-state index in [2.05, 4.69) is 0 Å². The molecule has 1 aliphatic heterocycles. The molecule has 1 atom stereocenters. The summed E-state index contributed by atoms with van der Waals surface area (Å²) in [5.41, 5.74) is 1.34. The van der Waals surface area contributed by atoms with Crippen molar-refractivity contribution in [2.75, 3.05) is 0 Å². The van der Waals surface area contributed by atoms with Crippen molar-refractivity contribution in [1.29, 1.82) is 0 Å². The number of phenols is 1. The SMILES string of the molecule is O=C1c2oc3ccc(Cl)cc3c(=O)c2[C@@H](c2cccc(O)c2)N1Cc1ccc(F)cc1. The summed E-state index contributed by atoms with van der Waals surface area (Å²) >= 11 is 6.07. The first-order chi connectivity index (χ1) is 14.9. The molecule has 0 aliphatic carbocycles. The Labute approximate surface area is 180 Å². The van der Waals surface area contributed by atoms with Crippen LogP contribution in [0.5, 0.6) is 5.75 Å². The molecule has 31 heavy (non-hydrogen) atoms. The maximum atomic E-state index is 13.4. The summed E-state index contributed by atoms with van der Waals surface area (Å²) in [6.07, 6.45) is 0. The minimum atomic E-state index is -0.778. The van der Waals surface area contributed by atoms with Crippen molar-refractivity contribution in [1.82, 2.24) is 4.90 Å². The first-order valence-corrected chi connectivity index (χ1v) is 9.91. The molecular weight excluding hydrogens is 421 g/mol. The van der Waals surface area contributed by atoms with Gasteiger partial charge in [-0.05, 0) is 53.6 Å². The molecular formula is C24H15ClFNO4. The molecule has 1 aromatic heterocycles. The Balaban J connectivity index is 1.73. The third kappa shape index (κ3) is 3.25. The van der Waals surface area contributed by atoms with Crippen molar-refractivity contribution in [3.63, 3.8) is 0 Å². The summed E-state index contributed by atoms with van der Waals surface area (Å²) in [7, 11) is 0. The van der Waals surface area contributed by atoms with Gasteiger partial charge in [0, 0.05) is 11.6 Å². The Morgan fingerprint density at radius 3 is 2.55 bits per heavy atom. The van der Waals surface area contributed by atoms with Crippen LogP contribution in [0.4, 0.5) is 4.39 Å². The number of amides is 1. The van der Waals surface area contributed by atoms with Crippen molar-refractivity contribution in [3.8, 4) is 5.75 Å². The normalized spacial score (nSPS) is 15.5. The van der Waals surface area contributed by atoms with Gasteiger partial charge in [-0.1, -0.05) is 35.9 Å². The predicted molar refractivity (Wildman–Crippen MR) is 114 cm³/mol. The number of carbonyl (C=O) groups is 1. The lowest BCUT2D eigenvalue weighted by Gasteiger charge is -2.25. The average Bonchev–Trinajstić information content (AvgIpc) is 3.02. The number of halogens is 2. The highest BCUT2D eigenvalue weighted by Gasteiger charge is 2.42. The van der Waals surface area contributed by atoms with Gasteiger partial charge in [0.05, 0.1) is 17.0 Å². The van der Waals surface area contributed by atoms with E-state index in [0.29, 0.717) is 16.1 Å². The van der Waals surface area contributed by atoms with Crippen molar-refractivity contribution < 1.29 is 18.7 Å². The fraction of sp³-hybridized carbons (Fsp3) is 0.0833. The van der Waals surface area contributed by atoms with Gasteiger partial charge >= 0.3 is 0 Å². The van der Waals surface area contributed by atoms with E-state index in [1.807, 2.05) is 0 Å². The highest BCUT2D eigenvalue weighted by Crippen LogP contribution is 2.40. The lowest BCUT2D eigenvalue weighted by atomic mass is 9.98. The molecule has 1 N–H and O–H groups in total. The Bertz CT molecular complexity index is 1400. The van der Waals surface area contributed by atoms with E-state index >= 15 is 0 Å².